The van der Waals surface area contributed by atoms with E-state index in [2.05, 4.69) is 60.4 Å². The van der Waals surface area contributed by atoms with Crippen LogP contribution in [0.25, 0.3) is 10.4 Å². The molecule has 1 amide bonds. The summed E-state index contributed by atoms with van der Waals surface area (Å²) in [6, 6.07) is 5.98. The molecule has 0 bridgehead atoms. The quantitative estimate of drug-likeness (QED) is 0.216. The lowest BCUT2D eigenvalue weighted by atomic mass is 10.1. The third-order valence-electron chi connectivity index (χ3n) is 3.98. The van der Waals surface area contributed by atoms with Crippen molar-refractivity contribution in [2.45, 2.75) is 13.8 Å². The highest BCUT2D eigenvalue weighted by Crippen LogP contribution is 2.35. The van der Waals surface area contributed by atoms with Crippen molar-refractivity contribution in [3.05, 3.63) is 41.7 Å². The second kappa shape index (κ2) is 11.4. The smallest absolute Gasteiger partial charge is 0.221 e. The number of nitrogens with one attached hydrogen (secondary N) is 4. The van der Waals surface area contributed by atoms with E-state index >= 15 is 0 Å². The van der Waals surface area contributed by atoms with Crippen molar-refractivity contribution in [3.63, 3.8) is 0 Å². The fourth-order valence-electron chi connectivity index (χ4n) is 2.64. The first kappa shape index (κ1) is 23.5. The lowest BCUT2D eigenvalue weighted by molar-refractivity contribution is -0.114. The Labute approximate surface area is 189 Å². The number of aryl methyl sites for hydroxylation is 1. The number of benzene rings is 1. The van der Waals surface area contributed by atoms with Crippen molar-refractivity contribution in [2.75, 3.05) is 44.4 Å². The van der Waals surface area contributed by atoms with Crippen LogP contribution in [0.5, 0.6) is 0 Å². The van der Waals surface area contributed by atoms with E-state index in [0.717, 1.165) is 55.0 Å². The number of rotatable bonds is 10. The van der Waals surface area contributed by atoms with Gasteiger partial charge in [0, 0.05) is 44.9 Å². The molecule has 0 radical (unpaired) electrons. The van der Waals surface area contributed by atoms with Crippen LogP contribution >= 0.6 is 33.9 Å². The number of amides is 1. The standard InChI is InChI=1S/C20H27IN6OS/c1-12(11-24-9-8-22-4)25-20-26-13(2)18(29-20)15-6-7-16(19(21)23-5)17(10-15)27-14(3)28/h6-7,10,22,24H,1,8-9,11H2,2-5H3,(H,25,26)(H,27,28). The van der Waals surface area contributed by atoms with Gasteiger partial charge < -0.3 is 21.3 Å². The molecule has 1 aromatic carbocycles. The summed E-state index contributed by atoms with van der Waals surface area (Å²) in [5, 5.41) is 13.4. The Bertz CT molecular complexity index is 908. The molecule has 0 fully saturated rings. The first-order valence-corrected chi connectivity index (χ1v) is 11.1. The van der Waals surface area contributed by atoms with Gasteiger partial charge in [0.2, 0.25) is 5.91 Å². The topological polar surface area (TPSA) is 90.4 Å². The van der Waals surface area contributed by atoms with Crippen LogP contribution in [0.4, 0.5) is 10.8 Å². The minimum absolute atomic E-state index is 0.117. The summed E-state index contributed by atoms with van der Waals surface area (Å²) in [5.74, 6) is -0.117. The third kappa shape index (κ3) is 6.88. The summed E-state index contributed by atoms with van der Waals surface area (Å²) < 4.78 is 0.836. The van der Waals surface area contributed by atoms with E-state index in [9.17, 15) is 4.79 Å². The Kier molecular flexibility index (Phi) is 9.21. The number of likely N-dealkylation sites (N-methyl/N-ethyl adjacent to an activating group) is 1. The van der Waals surface area contributed by atoms with Gasteiger partial charge in [0.1, 0.15) is 3.72 Å². The number of halogens is 1. The van der Waals surface area contributed by atoms with Crippen LogP contribution in [0.15, 0.2) is 35.5 Å². The molecule has 9 heteroatoms. The number of carbonyl (C=O) groups excluding carboxylic acids is 1. The molecule has 1 aromatic heterocycles. The number of aromatic nitrogens is 1. The summed E-state index contributed by atoms with van der Waals surface area (Å²) in [5.41, 5.74) is 4.43. The molecule has 29 heavy (non-hydrogen) atoms. The van der Waals surface area contributed by atoms with Gasteiger partial charge in [-0.05, 0) is 54.3 Å². The molecule has 0 spiro atoms. The molecule has 0 unspecified atom stereocenters. The fraction of sp³-hybridized carbons (Fsp3) is 0.350. The zero-order valence-corrected chi connectivity index (χ0v) is 20.1. The van der Waals surface area contributed by atoms with Crippen LogP contribution in [-0.4, -0.2) is 48.3 Å². The average molecular weight is 526 g/mol. The second-order valence-corrected chi connectivity index (χ2v) is 8.42. The van der Waals surface area contributed by atoms with Gasteiger partial charge in [0.25, 0.3) is 0 Å². The van der Waals surface area contributed by atoms with Crippen molar-refractivity contribution in [1.82, 2.24) is 15.6 Å². The zero-order valence-electron chi connectivity index (χ0n) is 17.1. The first-order chi connectivity index (χ1) is 13.8. The number of hydrogen-bond donors (Lipinski definition) is 4. The molecular formula is C20H27IN6OS. The second-order valence-electron chi connectivity index (χ2n) is 6.40. The highest BCUT2D eigenvalue weighted by molar-refractivity contribution is 14.1. The molecular weight excluding hydrogens is 499 g/mol. The predicted molar refractivity (Wildman–Crippen MR) is 133 cm³/mol. The number of nitrogens with zero attached hydrogens (tertiary/aromatic N) is 2. The molecule has 156 valence electrons. The molecule has 2 aromatic rings. The zero-order chi connectivity index (χ0) is 21.4. The third-order valence-corrected chi connectivity index (χ3v) is 6.17. The predicted octanol–water partition coefficient (Wildman–Crippen LogP) is 3.62. The lowest BCUT2D eigenvalue weighted by Crippen LogP contribution is -2.27. The molecule has 1 heterocycles. The van der Waals surface area contributed by atoms with E-state index < -0.39 is 0 Å². The molecule has 0 aliphatic heterocycles. The monoisotopic (exact) mass is 526 g/mol. The number of hydrogen-bond acceptors (Lipinski definition) is 7. The highest BCUT2D eigenvalue weighted by Gasteiger charge is 2.14. The molecule has 2 rings (SSSR count). The number of thiazole rings is 1. The van der Waals surface area contributed by atoms with Gasteiger partial charge in [0.15, 0.2) is 5.13 Å². The normalized spacial score (nSPS) is 11.4. The average Bonchev–Trinajstić information content (AvgIpc) is 3.04. The maximum atomic E-state index is 11.7. The lowest BCUT2D eigenvalue weighted by Gasteiger charge is -2.11. The Hall–Kier alpha value is -1.82. The van der Waals surface area contributed by atoms with Crippen molar-refractivity contribution < 1.29 is 4.79 Å². The van der Waals surface area contributed by atoms with Gasteiger partial charge in [-0.15, -0.1) is 0 Å². The van der Waals surface area contributed by atoms with Gasteiger partial charge >= 0.3 is 0 Å². The van der Waals surface area contributed by atoms with Crippen LogP contribution < -0.4 is 21.3 Å². The van der Waals surface area contributed by atoms with Crippen molar-refractivity contribution >= 4 is 54.4 Å². The minimum atomic E-state index is -0.117. The van der Waals surface area contributed by atoms with E-state index in [4.69, 9.17) is 0 Å². The van der Waals surface area contributed by atoms with Crippen molar-refractivity contribution in [1.29, 1.82) is 0 Å². The van der Waals surface area contributed by atoms with Gasteiger partial charge in [-0.2, -0.15) is 0 Å². The molecule has 0 aliphatic rings. The van der Waals surface area contributed by atoms with Crippen molar-refractivity contribution in [3.8, 4) is 10.4 Å². The minimum Gasteiger partial charge on any atom is -0.334 e. The summed E-state index contributed by atoms with van der Waals surface area (Å²) in [6.45, 7) is 9.99. The molecule has 0 atom stereocenters. The number of anilines is 2. The van der Waals surface area contributed by atoms with Crippen molar-refractivity contribution in [2.24, 2.45) is 4.99 Å². The molecule has 0 saturated heterocycles. The van der Waals surface area contributed by atoms with Gasteiger partial charge in [-0.3, -0.25) is 9.79 Å². The maximum Gasteiger partial charge on any atom is 0.221 e. The summed E-state index contributed by atoms with van der Waals surface area (Å²) in [4.78, 5) is 21.6. The summed E-state index contributed by atoms with van der Waals surface area (Å²) in [7, 11) is 3.66. The Morgan fingerprint density at radius 2 is 2.07 bits per heavy atom. The highest BCUT2D eigenvalue weighted by atomic mass is 127. The van der Waals surface area contributed by atoms with Crippen LogP contribution in [0.2, 0.25) is 0 Å². The Balaban J connectivity index is 2.22. The van der Waals surface area contributed by atoms with Crippen LogP contribution in [0.3, 0.4) is 0 Å². The molecule has 7 nitrogen and oxygen atoms in total. The summed E-state index contributed by atoms with van der Waals surface area (Å²) >= 11 is 3.73. The number of aliphatic imine (C=N–C) groups is 1. The van der Waals surface area contributed by atoms with Gasteiger partial charge in [-0.1, -0.05) is 24.0 Å². The van der Waals surface area contributed by atoms with E-state index in [-0.39, 0.29) is 5.91 Å². The molecule has 0 aliphatic carbocycles. The van der Waals surface area contributed by atoms with E-state index in [1.54, 1.807) is 18.4 Å². The Morgan fingerprint density at radius 1 is 1.31 bits per heavy atom. The van der Waals surface area contributed by atoms with Gasteiger partial charge in [0.05, 0.1) is 16.3 Å². The molecule has 4 N–H and O–H groups in total. The number of carbonyl (C=O) groups is 1. The van der Waals surface area contributed by atoms with Crippen LogP contribution in [0, 0.1) is 6.92 Å². The van der Waals surface area contributed by atoms with E-state index in [1.165, 1.54) is 6.92 Å². The maximum absolute atomic E-state index is 11.7. The fourth-order valence-corrected chi connectivity index (χ4v) is 4.12. The van der Waals surface area contributed by atoms with E-state index in [0.29, 0.717) is 6.54 Å². The van der Waals surface area contributed by atoms with Gasteiger partial charge in [-0.25, -0.2) is 4.98 Å². The Morgan fingerprint density at radius 3 is 2.72 bits per heavy atom. The summed E-state index contributed by atoms with van der Waals surface area (Å²) in [6.07, 6.45) is 0. The van der Waals surface area contributed by atoms with Crippen LogP contribution in [-0.2, 0) is 4.79 Å². The SMILES string of the molecule is C=C(CNCCNC)Nc1nc(C)c(-c2ccc(C(I)=NC)c(NC(C)=O)c2)s1. The largest absolute Gasteiger partial charge is 0.334 e. The first-order valence-electron chi connectivity index (χ1n) is 9.18. The van der Waals surface area contributed by atoms with Crippen LogP contribution in [0.1, 0.15) is 18.2 Å². The van der Waals surface area contributed by atoms with E-state index in [1.807, 2.05) is 32.2 Å². The molecule has 0 saturated carbocycles.